The second-order valence-corrected chi connectivity index (χ2v) is 5.76. The Morgan fingerprint density at radius 3 is 2.50 bits per heavy atom. The van der Waals surface area contributed by atoms with Crippen molar-refractivity contribution in [3.63, 3.8) is 0 Å². The summed E-state index contributed by atoms with van der Waals surface area (Å²) in [4.78, 5) is 23.6. The van der Waals surface area contributed by atoms with Gasteiger partial charge in [-0.2, -0.15) is 0 Å². The van der Waals surface area contributed by atoms with Crippen LogP contribution in [0.2, 0.25) is 0 Å². The average Bonchev–Trinajstić information content (AvgIpc) is 2.37. The van der Waals surface area contributed by atoms with E-state index in [1.54, 1.807) is 0 Å². The number of carbonyl (C=O) groups is 2. The van der Waals surface area contributed by atoms with E-state index in [1.807, 2.05) is 0 Å². The summed E-state index contributed by atoms with van der Waals surface area (Å²) < 4.78 is 5.35. The lowest BCUT2D eigenvalue weighted by atomic mass is 9.88. The lowest BCUT2D eigenvalue weighted by Crippen LogP contribution is -2.44. The fourth-order valence-electron chi connectivity index (χ4n) is 2.21. The van der Waals surface area contributed by atoms with Crippen molar-refractivity contribution in [3.8, 4) is 0 Å². The molecule has 0 radical (unpaired) electrons. The van der Waals surface area contributed by atoms with Gasteiger partial charge in [0.25, 0.3) is 0 Å². The Balaban J connectivity index is 2.55. The molecule has 0 spiro atoms. The van der Waals surface area contributed by atoms with Crippen molar-refractivity contribution in [2.45, 2.75) is 44.6 Å². The molecule has 0 saturated heterocycles. The van der Waals surface area contributed by atoms with Crippen LogP contribution in [0.1, 0.15) is 38.5 Å². The zero-order chi connectivity index (χ0) is 13.5. The third-order valence-corrected chi connectivity index (χ3v) is 3.53. The van der Waals surface area contributed by atoms with Crippen LogP contribution in [0.3, 0.4) is 0 Å². The van der Waals surface area contributed by atoms with E-state index in [1.165, 1.54) is 13.5 Å². The molecule has 4 nitrogen and oxygen atoms in total. The Morgan fingerprint density at radius 2 is 2.00 bits per heavy atom. The number of amides is 1. The number of hydrogen-bond donors (Lipinski definition) is 1. The van der Waals surface area contributed by atoms with Gasteiger partial charge < -0.3 is 10.1 Å². The summed E-state index contributed by atoms with van der Waals surface area (Å²) in [7, 11) is 1.32. The molecule has 0 aromatic rings. The van der Waals surface area contributed by atoms with Gasteiger partial charge in [0.1, 0.15) is 6.04 Å². The summed E-state index contributed by atoms with van der Waals surface area (Å²) in [6.45, 7) is 3.69. The van der Waals surface area contributed by atoms with Crippen molar-refractivity contribution in [2.75, 3.05) is 7.11 Å². The van der Waals surface area contributed by atoms with Gasteiger partial charge in [-0.05, 0) is 17.3 Å². The quantitative estimate of drug-likeness (QED) is 0.793. The molecule has 0 heterocycles. The Hall–Kier alpha value is -0.840. The maximum Gasteiger partial charge on any atom is 0.328 e. The molecule has 1 rings (SSSR count). The van der Waals surface area contributed by atoms with E-state index in [0.717, 1.165) is 25.7 Å². The number of halogens is 1. The zero-order valence-corrected chi connectivity index (χ0v) is 12.3. The number of nitrogens with one attached hydrogen (secondary N) is 1. The van der Waals surface area contributed by atoms with E-state index in [-0.39, 0.29) is 11.8 Å². The van der Waals surface area contributed by atoms with Gasteiger partial charge in [-0.1, -0.05) is 41.8 Å². The zero-order valence-electron chi connectivity index (χ0n) is 10.7. The molecular formula is C13H20BrNO3. The summed E-state index contributed by atoms with van der Waals surface area (Å²) >= 11 is 3.20. The molecular weight excluding hydrogens is 298 g/mol. The van der Waals surface area contributed by atoms with Crippen LogP contribution in [0, 0.1) is 5.92 Å². The maximum absolute atomic E-state index is 12.0. The third-order valence-electron chi connectivity index (χ3n) is 3.20. The standard InChI is InChI=1S/C13H20BrNO3/c1-9(14)8-11(13(17)18-2)15-12(16)10-6-4-3-5-7-10/h10-11H,1,3-8H2,2H3,(H,15,16)/t11-/m1/s1. The first-order chi connectivity index (χ1) is 8.54. The maximum atomic E-state index is 12.0. The van der Waals surface area contributed by atoms with Crippen LogP contribution in [-0.4, -0.2) is 25.0 Å². The Kier molecular flexibility index (Phi) is 6.39. The monoisotopic (exact) mass is 317 g/mol. The smallest absolute Gasteiger partial charge is 0.328 e. The first-order valence-corrected chi connectivity index (χ1v) is 7.05. The number of ether oxygens (including phenoxy) is 1. The minimum absolute atomic E-state index is 0.0366. The predicted octanol–water partition coefficient (Wildman–Crippen LogP) is 2.52. The van der Waals surface area contributed by atoms with Crippen molar-refractivity contribution < 1.29 is 14.3 Å². The summed E-state index contributed by atoms with van der Waals surface area (Å²) in [6, 6.07) is -0.642. The van der Waals surface area contributed by atoms with Gasteiger partial charge in [0.05, 0.1) is 7.11 Å². The topological polar surface area (TPSA) is 55.4 Å². The van der Waals surface area contributed by atoms with E-state index in [0.29, 0.717) is 10.9 Å². The minimum Gasteiger partial charge on any atom is -0.467 e. The normalized spacial score (nSPS) is 17.9. The van der Waals surface area contributed by atoms with Crippen LogP contribution in [0.25, 0.3) is 0 Å². The largest absolute Gasteiger partial charge is 0.467 e. The fourth-order valence-corrected chi connectivity index (χ4v) is 2.54. The molecule has 102 valence electrons. The highest BCUT2D eigenvalue weighted by molar-refractivity contribution is 9.11. The van der Waals surface area contributed by atoms with E-state index in [9.17, 15) is 9.59 Å². The molecule has 18 heavy (non-hydrogen) atoms. The van der Waals surface area contributed by atoms with E-state index >= 15 is 0 Å². The molecule has 1 saturated carbocycles. The summed E-state index contributed by atoms with van der Waals surface area (Å²) in [5.74, 6) is -0.437. The number of rotatable bonds is 5. The van der Waals surface area contributed by atoms with E-state index < -0.39 is 12.0 Å². The van der Waals surface area contributed by atoms with Gasteiger partial charge >= 0.3 is 5.97 Å². The molecule has 0 aliphatic heterocycles. The highest BCUT2D eigenvalue weighted by atomic mass is 79.9. The molecule has 1 aliphatic rings. The molecule has 0 aromatic carbocycles. The van der Waals surface area contributed by atoms with Crippen LogP contribution in [0.5, 0.6) is 0 Å². The second kappa shape index (κ2) is 7.56. The molecule has 5 heteroatoms. The third kappa shape index (κ3) is 4.80. The molecule has 0 bridgehead atoms. The van der Waals surface area contributed by atoms with Crippen molar-refractivity contribution >= 4 is 27.8 Å². The van der Waals surface area contributed by atoms with E-state index in [4.69, 9.17) is 0 Å². The van der Waals surface area contributed by atoms with Crippen LogP contribution in [0.4, 0.5) is 0 Å². The highest BCUT2D eigenvalue weighted by Gasteiger charge is 2.27. The second-order valence-electron chi connectivity index (χ2n) is 4.64. The SMILES string of the molecule is C=C(Br)C[C@@H](NC(=O)C1CCCCC1)C(=O)OC. The first-order valence-electron chi connectivity index (χ1n) is 6.26. The van der Waals surface area contributed by atoms with Crippen molar-refractivity contribution in [3.05, 3.63) is 11.1 Å². The number of hydrogen-bond acceptors (Lipinski definition) is 3. The van der Waals surface area contributed by atoms with Gasteiger partial charge in [-0.15, -0.1) is 0 Å². The lowest BCUT2D eigenvalue weighted by Gasteiger charge is -2.23. The van der Waals surface area contributed by atoms with Crippen molar-refractivity contribution in [2.24, 2.45) is 5.92 Å². The van der Waals surface area contributed by atoms with Crippen LogP contribution in [-0.2, 0) is 14.3 Å². The first kappa shape index (κ1) is 15.2. The van der Waals surface area contributed by atoms with Crippen molar-refractivity contribution in [1.82, 2.24) is 5.32 Å². The van der Waals surface area contributed by atoms with Crippen LogP contribution < -0.4 is 5.32 Å². The predicted molar refractivity (Wildman–Crippen MR) is 73.2 cm³/mol. The van der Waals surface area contributed by atoms with Gasteiger partial charge in [0.15, 0.2) is 0 Å². The molecule has 1 N–H and O–H groups in total. The number of esters is 1. The van der Waals surface area contributed by atoms with Crippen LogP contribution >= 0.6 is 15.9 Å². The lowest BCUT2D eigenvalue weighted by molar-refractivity contribution is -0.145. The van der Waals surface area contributed by atoms with Crippen molar-refractivity contribution in [1.29, 1.82) is 0 Å². The molecule has 1 atom stereocenters. The van der Waals surface area contributed by atoms with Gasteiger partial charge in [-0.3, -0.25) is 4.79 Å². The Morgan fingerprint density at radius 1 is 1.39 bits per heavy atom. The minimum atomic E-state index is -0.642. The van der Waals surface area contributed by atoms with E-state index in [2.05, 4.69) is 32.6 Å². The molecule has 1 amide bonds. The number of methoxy groups -OCH3 is 1. The van der Waals surface area contributed by atoms with Gasteiger partial charge in [-0.25, -0.2) is 4.79 Å². The van der Waals surface area contributed by atoms with Gasteiger partial charge in [0.2, 0.25) is 5.91 Å². The number of carbonyl (C=O) groups excluding carboxylic acids is 2. The van der Waals surface area contributed by atoms with Crippen LogP contribution in [0.15, 0.2) is 11.1 Å². The molecule has 0 aromatic heterocycles. The summed E-state index contributed by atoms with van der Waals surface area (Å²) in [6.07, 6.45) is 5.55. The molecule has 1 aliphatic carbocycles. The Bertz CT molecular complexity index is 324. The summed E-state index contributed by atoms with van der Waals surface area (Å²) in [5, 5.41) is 2.76. The molecule has 1 fully saturated rings. The highest BCUT2D eigenvalue weighted by Crippen LogP contribution is 2.24. The Labute approximate surface area is 116 Å². The summed E-state index contributed by atoms with van der Waals surface area (Å²) in [5.41, 5.74) is 0. The van der Waals surface area contributed by atoms with Gasteiger partial charge in [0, 0.05) is 12.3 Å². The average molecular weight is 318 g/mol. The molecule has 0 unspecified atom stereocenters. The fraction of sp³-hybridized carbons (Fsp3) is 0.692.